The number of allylic oxidation sites excluding steroid dienone is 4. The molecule has 0 aliphatic heterocycles. The molecule has 61 heavy (non-hydrogen) atoms. The van der Waals surface area contributed by atoms with Gasteiger partial charge in [0.1, 0.15) is 11.2 Å². The highest BCUT2D eigenvalue weighted by Gasteiger charge is 2.19. The zero-order chi connectivity index (χ0) is 40.5. The first-order valence-electron chi connectivity index (χ1n) is 20.1. The first-order chi connectivity index (χ1) is 30.2. The smallest absolute Gasteiger partial charge is 0.198 e. The van der Waals surface area contributed by atoms with E-state index in [4.69, 9.17) is 44.3 Å². The van der Waals surface area contributed by atoms with Crippen molar-refractivity contribution in [2.75, 3.05) is 0 Å². The average molecular weight is 787 g/mol. The summed E-state index contributed by atoms with van der Waals surface area (Å²) in [7, 11) is 0. The first kappa shape index (κ1) is 35.8. The predicted molar refractivity (Wildman–Crippen MR) is 240 cm³/mol. The van der Waals surface area contributed by atoms with E-state index in [0.29, 0.717) is 23.3 Å². The van der Waals surface area contributed by atoms with Gasteiger partial charge in [-0.05, 0) is 30.5 Å². The molecule has 0 amide bonds. The van der Waals surface area contributed by atoms with Gasteiger partial charge >= 0.3 is 0 Å². The lowest BCUT2D eigenvalue weighted by atomic mass is 10.0. The number of hydrogen-bond acceptors (Lipinski definition) is 9. The van der Waals surface area contributed by atoms with Crippen LogP contribution in [0.5, 0.6) is 0 Å². The van der Waals surface area contributed by atoms with Gasteiger partial charge in [0.25, 0.3) is 0 Å². The minimum absolute atomic E-state index is 0.428. The standard InChI is InChI=1S/C52H34N8O/c1-5-15-33(16-6-1)43-27-44(34-17-7-2-8-18-34)58-51(57-43)49-53-29-37(30-54-49)39-23-13-25-41-42-26-14-24-40(48(42)61-47(39)41)38-31-55-50(56-32-38)52-59-45(35-19-9-3-10-20-35)28-46(60-52)36-21-11-4-12-22-36/h1-3,5-11,13-32H,4,12H2. The molecule has 5 aromatic carbocycles. The van der Waals surface area contributed by atoms with Gasteiger partial charge in [-0.3, -0.25) is 0 Å². The molecule has 0 unspecified atom stereocenters. The van der Waals surface area contributed by atoms with Gasteiger partial charge in [0.2, 0.25) is 0 Å². The highest BCUT2D eigenvalue weighted by atomic mass is 16.3. The largest absolute Gasteiger partial charge is 0.455 e. The summed E-state index contributed by atoms with van der Waals surface area (Å²) >= 11 is 0. The quantitative estimate of drug-likeness (QED) is 0.148. The van der Waals surface area contributed by atoms with Crippen LogP contribution < -0.4 is 0 Å². The summed E-state index contributed by atoms with van der Waals surface area (Å²) in [6.07, 6.45) is 15.8. The Morgan fingerprint density at radius 3 is 1.23 bits per heavy atom. The van der Waals surface area contributed by atoms with E-state index < -0.39 is 0 Å². The Bertz CT molecular complexity index is 3220. The summed E-state index contributed by atoms with van der Waals surface area (Å²) < 4.78 is 6.76. The highest BCUT2D eigenvalue weighted by molar-refractivity contribution is 6.12. The van der Waals surface area contributed by atoms with Crippen molar-refractivity contribution in [2.24, 2.45) is 0 Å². The lowest BCUT2D eigenvalue weighted by Gasteiger charge is -2.11. The number of rotatable bonds is 8. The van der Waals surface area contributed by atoms with Crippen LogP contribution in [-0.4, -0.2) is 39.9 Å². The van der Waals surface area contributed by atoms with Crippen molar-refractivity contribution >= 4 is 27.5 Å². The third kappa shape index (κ3) is 6.93. The molecule has 11 rings (SSSR count). The van der Waals surface area contributed by atoms with Crippen molar-refractivity contribution < 1.29 is 4.42 Å². The second-order valence-corrected chi connectivity index (χ2v) is 14.7. The average Bonchev–Trinajstić information content (AvgIpc) is 3.74. The third-order valence-corrected chi connectivity index (χ3v) is 10.8. The lowest BCUT2D eigenvalue weighted by Crippen LogP contribution is -2.01. The predicted octanol–water partition coefficient (Wildman–Crippen LogP) is 12.1. The summed E-state index contributed by atoms with van der Waals surface area (Å²) in [5.41, 5.74) is 12.1. The molecule has 288 valence electrons. The number of para-hydroxylation sites is 2. The normalized spacial score (nSPS) is 12.5. The minimum atomic E-state index is 0.428. The molecule has 9 heteroatoms. The van der Waals surface area contributed by atoms with Crippen LogP contribution in [0, 0.1) is 0 Å². The molecule has 0 radical (unpaired) electrons. The van der Waals surface area contributed by atoms with Crippen molar-refractivity contribution in [3.63, 3.8) is 0 Å². The Kier molecular flexibility index (Phi) is 9.08. The molecule has 10 aromatic rings. The van der Waals surface area contributed by atoms with E-state index in [1.165, 1.54) is 0 Å². The number of benzene rings is 5. The maximum atomic E-state index is 6.76. The van der Waals surface area contributed by atoms with Crippen LogP contribution in [0.2, 0.25) is 0 Å². The van der Waals surface area contributed by atoms with Crippen LogP contribution in [0.15, 0.2) is 187 Å². The van der Waals surface area contributed by atoms with Gasteiger partial charge in [-0.2, -0.15) is 0 Å². The fourth-order valence-corrected chi connectivity index (χ4v) is 7.76. The molecule has 0 saturated heterocycles. The Balaban J connectivity index is 0.938. The Morgan fingerprint density at radius 1 is 0.377 bits per heavy atom. The number of furan rings is 1. The van der Waals surface area contributed by atoms with Gasteiger partial charge in [-0.15, -0.1) is 0 Å². The SMILES string of the molecule is C1=CC(c2cc(-c3ccccc3)nc(-c3ncc(-c4cccc5c4oc4c(-c6cnc(-c7nc(-c8ccccc8)cc(-c8ccccc8)n7)nc6)cccc45)cn3)n2)=CCC1. The van der Waals surface area contributed by atoms with E-state index >= 15 is 0 Å². The second kappa shape index (κ2) is 15.5. The van der Waals surface area contributed by atoms with E-state index in [2.05, 4.69) is 42.5 Å². The molecule has 9 nitrogen and oxygen atoms in total. The summed E-state index contributed by atoms with van der Waals surface area (Å²) in [6, 6.07) is 46.6. The minimum Gasteiger partial charge on any atom is -0.455 e. The van der Waals surface area contributed by atoms with Crippen LogP contribution in [-0.2, 0) is 0 Å². The lowest BCUT2D eigenvalue weighted by molar-refractivity contribution is 0.671. The van der Waals surface area contributed by atoms with Crippen molar-refractivity contribution in [3.05, 3.63) is 188 Å². The number of nitrogens with zero attached hydrogens (tertiary/aromatic N) is 8. The van der Waals surface area contributed by atoms with Crippen molar-refractivity contribution in [3.8, 4) is 79.3 Å². The maximum absolute atomic E-state index is 6.76. The van der Waals surface area contributed by atoms with Crippen molar-refractivity contribution in [2.45, 2.75) is 12.8 Å². The van der Waals surface area contributed by atoms with Gasteiger partial charge in [0.05, 0.1) is 22.8 Å². The van der Waals surface area contributed by atoms with Crippen molar-refractivity contribution in [1.29, 1.82) is 0 Å². The van der Waals surface area contributed by atoms with Crippen molar-refractivity contribution in [1.82, 2.24) is 39.9 Å². The zero-order valence-corrected chi connectivity index (χ0v) is 32.7. The summed E-state index contributed by atoms with van der Waals surface area (Å²) in [5, 5.41) is 1.96. The molecule has 1 aliphatic rings. The summed E-state index contributed by atoms with van der Waals surface area (Å²) in [6.45, 7) is 0. The van der Waals surface area contributed by atoms with Gasteiger partial charge in [0, 0.05) is 74.5 Å². The van der Waals surface area contributed by atoms with E-state index in [1.807, 2.05) is 128 Å². The van der Waals surface area contributed by atoms with Crippen LogP contribution >= 0.6 is 0 Å². The Morgan fingerprint density at radius 2 is 0.803 bits per heavy atom. The third-order valence-electron chi connectivity index (χ3n) is 10.8. The molecule has 0 spiro atoms. The van der Waals surface area contributed by atoms with E-state index in [1.54, 1.807) is 12.4 Å². The fourth-order valence-electron chi connectivity index (χ4n) is 7.76. The van der Waals surface area contributed by atoms with Gasteiger partial charge in [-0.25, -0.2) is 39.9 Å². The molecular formula is C52H34N8O. The van der Waals surface area contributed by atoms with E-state index in [0.717, 1.165) is 102 Å². The molecule has 0 bridgehead atoms. The molecule has 0 fully saturated rings. The summed E-state index contributed by atoms with van der Waals surface area (Å²) in [5.74, 6) is 1.78. The molecule has 0 N–H and O–H groups in total. The second-order valence-electron chi connectivity index (χ2n) is 14.7. The van der Waals surface area contributed by atoms with Crippen LogP contribution in [0.4, 0.5) is 0 Å². The zero-order valence-electron chi connectivity index (χ0n) is 32.7. The summed E-state index contributed by atoms with van der Waals surface area (Å²) in [4.78, 5) is 38.9. The molecule has 0 atom stereocenters. The fraction of sp³-hybridized carbons (Fsp3) is 0.0385. The van der Waals surface area contributed by atoms with Gasteiger partial charge in [-0.1, -0.05) is 146 Å². The highest BCUT2D eigenvalue weighted by Crippen LogP contribution is 2.40. The topological polar surface area (TPSA) is 116 Å². The van der Waals surface area contributed by atoms with Gasteiger partial charge in [0.15, 0.2) is 23.3 Å². The number of hydrogen-bond donors (Lipinski definition) is 0. The molecular weight excluding hydrogens is 753 g/mol. The Labute approximate surface area is 351 Å². The molecule has 1 aliphatic carbocycles. The van der Waals surface area contributed by atoms with Gasteiger partial charge < -0.3 is 4.42 Å². The van der Waals surface area contributed by atoms with Crippen LogP contribution in [0.3, 0.4) is 0 Å². The van der Waals surface area contributed by atoms with E-state index in [-0.39, 0.29) is 0 Å². The maximum Gasteiger partial charge on any atom is 0.198 e. The monoisotopic (exact) mass is 786 g/mol. The number of aromatic nitrogens is 8. The first-order valence-corrected chi connectivity index (χ1v) is 20.1. The van der Waals surface area contributed by atoms with Crippen LogP contribution in [0.25, 0.3) is 107 Å². The van der Waals surface area contributed by atoms with Crippen LogP contribution in [0.1, 0.15) is 18.5 Å². The molecule has 0 saturated carbocycles. The van der Waals surface area contributed by atoms with E-state index in [9.17, 15) is 0 Å². The molecule has 5 aromatic heterocycles. The number of fused-ring (bicyclic) bond motifs is 3. The Hall–Kier alpha value is -8.30. The molecule has 5 heterocycles.